The van der Waals surface area contributed by atoms with Crippen molar-refractivity contribution in [1.82, 2.24) is 9.63 Å². The summed E-state index contributed by atoms with van der Waals surface area (Å²) >= 11 is 3.57. The van der Waals surface area contributed by atoms with Crippen molar-refractivity contribution in [2.45, 2.75) is 53.5 Å². The Balaban J connectivity index is 2.28. The molecule has 0 bridgehead atoms. The van der Waals surface area contributed by atoms with E-state index in [1.54, 1.807) is 16.7 Å². The fraction of sp³-hybridized carbons (Fsp3) is 0.478. The molecule has 2 heterocycles. The number of nitrogens with zero attached hydrogens (tertiary/aromatic N) is 2. The molecule has 1 saturated heterocycles. The second-order valence-corrected chi connectivity index (χ2v) is 8.62. The van der Waals surface area contributed by atoms with Gasteiger partial charge in [-0.25, -0.2) is 0 Å². The minimum Gasteiger partial charge on any atom is -0.496 e. The number of carbonyl (C=O) groups is 2. The highest BCUT2D eigenvalue weighted by Crippen LogP contribution is 2.44. The van der Waals surface area contributed by atoms with Gasteiger partial charge < -0.3 is 19.1 Å². The molecule has 0 aliphatic carbocycles. The van der Waals surface area contributed by atoms with Gasteiger partial charge in [-0.15, -0.1) is 5.06 Å². The third-order valence-electron chi connectivity index (χ3n) is 6.20. The fourth-order valence-corrected chi connectivity index (χ4v) is 4.95. The lowest BCUT2D eigenvalue weighted by Gasteiger charge is -2.26. The topological polar surface area (TPSA) is 70.0 Å². The van der Waals surface area contributed by atoms with Gasteiger partial charge in [-0.2, -0.15) is 0 Å². The first-order chi connectivity index (χ1) is 14.7. The summed E-state index contributed by atoms with van der Waals surface area (Å²) in [5.74, 6) is 1.04. The van der Waals surface area contributed by atoms with Gasteiger partial charge in [0.05, 0.1) is 18.8 Å². The number of aromatic nitrogens is 1. The lowest BCUT2D eigenvalue weighted by Crippen LogP contribution is -2.34. The predicted octanol–water partition coefficient (Wildman–Crippen LogP) is 4.46. The van der Waals surface area contributed by atoms with E-state index in [1.807, 2.05) is 34.6 Å². The van der Waals surface area contributed by atoms with E-state index < -0.39 is 0 Å². The van der Waals surface area contributed by atoms with Crippen molar-refractivity contribution in [3.8, 4) is 17.2 Å². The number of methoxy groups -OCH3 is 2. The Morgan fingerprint density at radius 2 is 1.58 bits per heavy atom. The van der Waals surface area contributed by atoms with Crippen molar-refractivity contribution in [3.63, 3.8) is 0 Å². The Morgan fingerprint density at radius 3 is 2.10 bits per heavy atom. The van der Waals surface area contributed by atoms with Crippen LogP contribution in [0.1, 0.15) is 51.1 Å². The van der Waals surface area contributed by atoms with Gasteiger partial charge >= 0.3 is 0 Å². The van der Waals surface area contributed by atoms with Gasteiger partial charge in [0.25, 0.3) is 5.91 Å². The summed E-state index contributed by atoms with van der Waals surface area (Å²) in [6.45, 7) is 10.1. The summed E-state index contributed by atoms with van der Waals surface area (Å²) in [5.41, 5.74) is 4.55. The van der Waals surface area contributed by atoms with Crippen LogP contribution in [-0.4, -0.2) is 48.6 Å². The van der Waals surface area contributed by atoms with E-state index in [0.717, 1.165) is 29.5 Å². The number of rotatable bonds is 6. The number of benzene rings is 1. The molecular formula is C23H29BrN2O5. The predicted molar refractivity (Wildman–Crippen MR) is 122 cm³/mol. The maximum Gasteiger partial charge on any atom is 0.270 e. The zero-order chi connectivity index (χ0) is 23.0. The zero-order valence-electron chi connectivity index (χ0n) is 19.1. The molecule has 1 unspecified atom stereocenters. The minimum atomic E-state index is -0.356. The summed E-state index contributed by atoms with van der Waals surface area (Å²) in [5, 5.41) is 1.63. The lowest BCUT2D eigenvalue weighted by atomic mass is 10.0. The van der Waals surface area contributed by atoms with Crippen molar-refractivity contribution in [3.05, 3.63) is 38.1 Å². The molecule has 0 radical (unpaired) electrons. The minimum absolute atomic E-state index is 0.275. The van der Waals surface area contributed by atoms with Crippen molar-refractivity contribution >= 4 is 28.1 Å². The van der Waals surface area contributed by atoms with Crippen LogP contribution in [0.25, 0.3) is 0 Å². The first kappa shape index (κ1) is 23.3. The van der Waals surface area contributed by atoms with Crippen LogP contribution in [0.15, 0.2) is 4.60 Å². The van der Waals surface area contributed by atoms with Crippen LogP contribution in [0.2, 0.25) is 0 Å². The van der Waals surface area contributed by atoms with Crippen molar-refractivity contribution in [2.24, 2.45) is 0 Å². The van der Waals surface area contributed by atoms with Crippen LogP contribution in [0.3, 0.4) is 0 Å². The monoisotopic (exact) mass is 492 g/mol. The normalized spacial score (nSPS) is 16.5. The summed E-state index contributed by atoms with van der Waals surface area (Å²) in [4.78, 5) is 31.7. The average Bonchev–Trinajstić information content (AvgIpc) is 3.28. The van der Waals surface area contributed by atoms with Crippen LogP contribution in [0, 0.1) is 34.6 Å². The molecule has 1 aromatic heterocycles. The molecule has 3 rings (SSSR count). The molecule has 1 aromatic carbocycles. The molecule has 1 fully saturated rings. The van der Waals surface area contributed by atoms with Crippen LogP contribution in [-0.2, 0) is 4.79 Å². The van der Waals surface area contributed by atoms with Gasteiger partial charge in [0, 0.05) is 23.4 Å². The molecule has 2 aromatic rings. The van der Waals surface area contributed by atoms with E-state index in [2.05, 4.69) is 15.9 Å². The molecule has 1 atom stereocenters. The van der Waals surface area contributed by atoms with E-state index in [0.29, 0.717) is 51.5 Å². The Bertz CT molecular complexity index is 1020. The molecule has 0 N–H and O–H groups in total. The molecule has 7 nitrogen and oxygen atoms in total. The molecule has 0 saturated carbocycles. The number of aldehydes is 1. The van der Waals surface area contributed by atoms with Gasteiger partial charge in [0.1, 0.15) is 29.4 Å². The fourth-order valence-electron chi connectivity index (χ4n) is 4.23. The van der Waals surface area contributed by atoms with Crippen molar-refractivity contribution in [2.75, 3.05) is 20.8 Å². The van der Waals surface area contributed by atoms with Gasteiger partial charge in [0.15, 0.2) is 5.75 Å². The largest absolute Gasteiger partial charge is 0.496 e. The number of carbonyl (C=O) groups excluding carboxylic acids is 2. The first-order valence-electron chi connectivity index (χ1n) is 10.2. The summed E-state index contributed by atoms with van der Waals surface area (Å²) in [6.07, 6.45) is 2.44. The molecule has 1 aliphatic heterocycles. The third kappa shape index (κ3) is 3.76. The van der Waals surface area contributed by atoms with Gasteiger partial charge in [-0.3, -0.25) is 9.36 Å². The molecule has 168 valence electrons. The number of ether oxygens (including phenoxy) is 2. The zero-order valence-corrected chi connectivity index (χ0v) is 20.7. The Kier molecular flexibility index (Phi) is 6.81. The molecule has 0 amide bonds. The quantitative estimate of drug-likeness (QED) is 0.554. The van der Waals surface area contributed by atoms with Crippen molar-refractivity contribution in [1.29, 1.82) is 0 Å². The first-order valence-corrected chi connectivity index (χ1v) is 11.0. The number of hydrogen-bond acceptors (Lipinski definition) is 6. The van der Waals surface area contributed by atoms with E-state index in [4.69, 9.17) is 14.3 Å². The smallest absolute Gasteiger partial charge is 0.270 e. The summed E-state index contributed by atoms with van der Waals surface area (Å²) in [7, 11) is 3.10. The maximum atomic E-state index is 13.9. The van der Waals surface area contributed by atoms with Crippen LogP contribution in [0.5, 0.6) is 17.2 Å². The lowest BCUT2D eigenvalue weighted by molar-refractivity contribution is -0.124. The molecule has 8 heteroatoms. The van der Waals surface area contributed by atoms with Gasteiger partial charge in [0.2, 0.25) is 0 Å². The van der Waals surface area contributed by atoms with Crippen LogP contribution in [0.4, 0.5) is 0 Å². The second kappa shape index (κ2) is 9.04. The molecular weight excluding hydrogens is 464 g/mol. The molecule has 1 aliphatic rings. The van der Waals surface area contributed by atoms with Crippen LogP contribution < -0.4 is 14.3 Å². The standard InChI is InChI=1S/C23H29BrN2O5/c1-12-13(2)22(24)26(16(12)5)23(28)18-20(30-7)14(3)19(29-6)15(4)21(18)31-25-10-8-9-17(25)11-27/h11,17H,8-10H2,1-7H3. The van der Waals surface area contributed by atoms with Gasteiger partial charge in [-0.05, 0) is 74.5 Å². The summed E-state index contributed by atoms with van der Waals surface area (Å²) < 4.78 is 13.6. The average molecular weight is 493 g/mol. The number of hydroxylamine groups is 2. The van der Waals surface area contributed by atoms with E-state index in [-0.39, 0.29) is 11.9 Å². The van der Waals surface area contributed by atoms with E-state index in [9.17, 15) is 9.59 Å². The van der Waals surface area contributed by atoms with E-state index in [1.165, 1.54) is 7.11 Å². The Labute approximate surface area is 191 Å². The molecule has 31 heavy (non-hydrogen) atoms. The highest BCUT2D eigenvalue weighted by atomic mass is 79.9. The SMILES string of the molecule is COc1c(C)c(OC)c(C(=O)n2c(C)c(C)c(C)c2Br)c(ON2CCCC2C=O)c1C. The second-order valence-electron chi connectivity index (χ2n) is 7.87. The third-order valence-corrected chi connectivity index (χ3v) is 7.15. The van der Waals surface area contributed by atoms with Gasteiger partial charge in [-0.1, -0.05) is 0 Å². The van der Waals surface area contributed by atoms with Crippen molar-refractivity contribution < 1.29 is 23.9 Å². The number of halogens is 1. The number of hydrogen-bond donors (Lipinski definition) is 0. The van der Waals surface area contributed by atoms with Crippen LogP contribution >= 0.6 is 15.9 Å². The Hall–Kier alpha value is -2.32. The molecule has 0 spiro atoms. The Morgan fingerprint density at radius 1 is 0.968 bits per heavy atom. The highest BCUT2D eigenvalue weighted by molar-refractivity contribution is 9.10. The summed E-state index contributed by atoms with van der Waals surface area (Å²) in [6, 6.07) is -0.356. The maximum absolute atomic E-state index is 13.9. The highest BCUT2D eigenvalue weighted by Gasteiger charge is 2.34. The van der Waals surface area contributed by atoms with E-state index >= 15 is 0 Å².